The van der Waals surface area contributed by atoms with Crippen LogP contribution in [-0.4, -0.2) is 5.75 Å². The summed E-state index contributed by atoms with van der Waals surface area (Å²) in [5, 5.41) is 28.2. The Morgan fingerprint density at radius 1 is 1.21 bits per heavy atom. The van der Waals surface area contributed by atoms with Crippen LogP contribution in [-0.2, 0) is 9.67 Å². The van der Waals surface area contributed by atoms with E-state index in [1.165, 1.54) is 11.8 Å². The predicted octanol–water partition coefficient (Wildman–Crippen LogP) is 3.36. The lowest BCUT2D eigenvalue weighted by molar-refractivity contribution is 0.134. The van der Waals surface area contributed by atoms with Crippen LogP contribution in [0.1, 0.15) is 24.5 Å². The van der Waals surface area contributed by atoms with E-state index >= 15 is 0 Å². The van der Waals surface area contributed by atoms with Gasteiger partial charge in [0.05, 0.1) is 5.57 Å². The maximum Gasteiger partial charge on any atom is 0.211 e. The zero-order valence-electron chi connectivity index (χ0n) is 13.5. The van der Waals surface area contributed by atoms with Crippen molar-refractivity contribution in [3.05, 3.63) is 58.0 Å². The highest BCUT2D eigenvalue weighted by Crippen LogP contribution is 2.53. The third-order valence-corrected chi connectivity index (χ3v) is 5.15. The second-order valence-electron chi connectivity index (χ2n) is 5.26. The van der Waals surface area contributed by atoms with E-state index in [1.54, 1.807) is 0 Å². The van der Waals surface area contributed by atoms with Crippen molar-refractivity contribution in [2.24, 2.45) is 5.73 Å². The normalized spacial score (nSPS) is 19.2. The Hall–Kier alpha value is -2.88. The molecular weight excluding hydrogens is 320 g/mol. The van der Waals surface area contributed by atoms with Crippen LogP contribution in [0.4, 0.5) is 0 Å². The molecule has 1 aromatic carbocycles. The molecule has 6 heteroatoms. The number of ether oxygens (including phenoxy) is 1. The van der Waals surface area contributed by atoms with Gasteiger partial charge in [-0.3, -0.25) is 0 Å². The average molecular weight is 336 g/mol. The molecule has 1 aromatic rings. The maximum absolute atomic E-state index is 9.47. The molecule has 0 amide bonds. The quantitative estimate of drug-likeness (QED) is 0.845. The summed E-state index contributed by atoms with van der Waals surface area (Å²) in [5.41, 5.74) is 7.87. The van der Waals surface area contributed by atoms with E-state index < -0.39 is 4.93 Å². The third kappa shape index (κ3) is 2.83. The number of hydrogen-bond donors (Lipinski definition) is 1. The molecule has 1 aliphatic rings. The summed E-state index contributed by atoms with van der Waals surface area (Å²) in [6.45, 7) is 3.98. The van der Waals surface area contributed by atoms with Gasteiger partial charge < -0.3 is 10.5 Å². The number of nitrogens with two attached hydrogens (primary N) is 1. The number of rotatable bonds is 4. The van der Waals surface area contributed by atoms with Gasteiger partial charge in [0.2, 0.25) is 10.8 Å². The first-order valence-corrected chi connectivity index (χ1v) is 8.37. The van der Waals surface area contributed by atoms with Gasteiger partial charge in [0, 0.05) is 5.56 Å². The fourth-order valence-electron chi connectivity index (χ4n) is 2.49. The minimum atomic E-state index is -1.15. The Balaban J connectivity index is 2.78. The van der Waals surface area contributed by atoms with Crippen molar-refractivity contribution in [3.63, 3.8) is 0 Å². The van der Waals surface area contributed by atoms with Gasteiger partial charge in [-0.1, -0.05) is 36.8 Å². The number of aryl methyl sites for hydroxylation is 1. The van der Waals surface area contributed by atoms with Crippen molar-refractivity contribution in [2.75, 3.05) is 5.75 Å². The van der Waals surface area contributed by atoms with E-state index in [4.69, 9.17) is 10.5 Å². The van der Waals surface area contributed by atoms with Crippen molar-refractivity contribution >= 4 is 11.8 Å². The van der Waals surface area contributed by atoms with Crippen molar-refractivity contribution in [3.8, 4) is 18.2 Å². The minimum absolute atomic E-state index is 0.0530. The fourth-order valence-corrected chi connectivity index (χ4v) is 3.78. The molecule has 5 nitrogen and oxygen atoms in total. The van der Waals surface area contributed by atoms with Gasteiger partial charge in [-0.15, -0.1) is 11.8 Å². The van der Waals surface area contributed by atoms with Crippen LogP contribution in [0, 0.1) is 40.9 Å². The second-order valence-corrected chi connectivity index (χ2v) is 6.53. The van der Waals surface area contributed by atoms with Gasteiger partial charge in [0.15, 0.2) is 0 Å². The summed E-state index contributed by atoms with van der Waals surface area (Å²) in [7, 11) is 0. The average Bonchev–Trinajstić information content (AvgIpc) is 2.87. The van der Waals surface area contributed by atoms with Gasteiger partial charge in [-0.05, 0) is 19.1 Å². The summed E-state index contributed by atoms with van der Waals surface area (Å²) >= 11 is 1.43. The van der Waals surface area contributed by atoms with E-state index in [0.717, 1.165) is 17.5 Å². The summed E-state index contributed by atoms with van der Waals surface area (Å²) in [6, 6.07) is 13.3. The molecular formula is C18H16N4OS. The van der Waals surface area contributed by atoms with Crippen LogP contribution in [0.25, 0.3) is 0 Å². The van der Waals surface area contributed by atoms with E-state index in [1.807, 2.05) is 56.3 Å². The second kappa shape index (κ2) is 7.13. The SMILES string of the molecule is CCCSC1(c2ccc(C)cc2)OC(N)=C(C#N)C1=C(C#N)C#N. The zero-order valence-corrected chi connectivity index (χ0v) is 14.3. The van der Waals surface area contributed by atoms with Crippen LogP contribution in [0.3, 0.4) is 0 Å². The number of benzene rings is 1. The lowest BCUT2D eigenvalue weighted by Crippen LogP contribution is -2.26. The van der Waals surface area contributed by atoms with E-state index in [2.05, 4.69) is 0 Å². The zero-order chi connectivity index (χ0) is 17.7. The van der Waals surface area contributed by atoms with Gasteiger partial charge in [-0.2, -0.15) is 15.8 Å². The molecule has 1 aliphatic heterocycles. The van der Waals surface area contributed by atoms with Crippen LogP contribution in [0.2, 0.25) is 0 Å². The summed E-state index contributed by atoms with van der Waals surface area (Å²) < 4.78 is 5.92. The lowest BCUT2D eigenvalue weighted by Gasteiger charge is -2.30. The topological polar surface area (TPSA) is 107 Å². The lowest BCUT2D eigenvalue weighted by atomic mass is 9.92. The van der Waals surface area contributed by atoms with Crippen molar-refractivity contribution in [1.29, 1.82) is 15.8 Å². The molecule has 0 aromatic heterocycles. The number of allylic oxidation sites excluding steroid dienone is 1. The first kappa shape index (κ1) is 17.5. The fraction of sp³-hybridized carbons (Fsp3) is 0.278. The summed E-state index contributed by atoms with van der Waals surface area (Å²) in [5.74, 6) is 0.660. The van der Waals surface area contributed by atoms with Crippen molar-refractivity contribution in [1.82, 2.24) is 0 Å². The molecule has 0 aliphatic carbocycles. The number of hydrogen-bond acceptors (Lipinski definition) is 6. The van der Waals surface area contributed by atoms with Crippen LogP contribution in [0.5, 0.6) is 0 Å². The monoisotopic (exact) mass is 336 g/mol. The van der Waals surface area contributed by atoms with E-state index in [0.29, 0.717) is 5.75 Å². The molecule has 1 atom stereocenters. The molecule has 1 unspecified atom stereocenters. The highest BCUT2D eigenvalue weighted by Gasteiger charge is 2.49. The van der Waals surface area contributed by atoms with Gasteiger partial charge in [0.1, 0.15) is 29.4 Å². The Morgan fingerprint density at radius 3 is 2.33 bits per heavy atom. The highest BCUT2D eigenvalue weighted by molar-refractivity contribution is 8.00. The van der Waals surface area contributed by atoms with Crippen LogP contribution < -0.4 is 5.73 Å². The van der Waals surface area contributed by atoms with Crippen LogP contribution >= 0.6 is 11.8 Å². The molecule has 1 heterocycles. The van der Waals surface area contributed by atoms with Gasteiger partial charge >= 0.3 is 0 Å². The molecule has 24 heavy (non-hydrogen) atoms. The third-order valence-electron chi connectivity index (χ3n) is 3.61. The van der Waals surface area contributed by atoms with Crippen molar-refractivity contribution < 1.29 is 4.74 Å². The molecule has 2 rings (SSSR count). The maximum atomic E-state index is 9.47. The van der Waals surface area contributed by atoms with E-state index in [9.17, 15) is 15.8 Å². The van der Waals surface area contributed by atoms with Crippen molar-refractivity contribution in [2.45, 2.75) is 25.2 Å². The first-order valence-electron chi connectivity index (χ1n) is 7.39. The largest absolute Gasteiger partial charge is 0.452 e. The first-order chi connectivity index (χ1) is 11.5. The van der Waals surface area contributed by atoms with E-state index in [-0.39, 0.29) is 22.6 Å². The number of nitrogens with zero attached hydrogens (tertiary/aromatic N) is 3. The molecule has 0 bridgehead atoms. The Bertz CT molecular complexity index is 818. The smallest absolute Gasteiger partial charge is 0.211 e. The number of thioether (sulfide) groups is 1. The standard InChI is InChI=1S/C18H16N4OS/c1-3-8-24-18(14-6-4-12(2)5-7-14)16(13(9-19)10-20)15(11-21)17(22)23-18/h4-7H,3,8,22H2,1-2H3. The predicted molar refractivity (Wildman–Crippen MR) is 91.8 cm³/mol. The van der Waals surface area contributed by atoms with Gasteiger partial charge in [0.25, 0.3) is 0 Å². The molecule has 0 fully saturated rings. The summed E-state index contributed by atoms with van der Waals surface area (Å²) in [4.78, 5) is -1.15. The summed E-state index contributed by atoms with van der Waals surface area (Å²) in [6.07, 6.45) is 0.866. The minimum Gasteiger partial charge on any atom is -0.452 e. The molecule has 2 N–H and O–H groups in total. The Kier molecular flexibility index (Phi) is 5.19. The molecule has 0 spiro atoms. The Labute approximate surface area is 145 Å². The number of nitriles is 3. The molecule has 0 saturated heterocycles. The Morgan fingerprint density at radius 2 is 1.83 bits per heavy atom. The van der Waals surface area contributed by atoms with Crippen LogP contribution in [0.15, 0.2) is 46.9 Å². The highest BCUT2D eigenvalue weighted by atomic mass is 32.2. The molecule has 0 saturated carbocycles. The van der Waals surface area contributed by atoms with Gasteiger partial charge in [-0.25, -0.2) is 0 Å². The molecule has 0 radical (unpaired) electrons. The molecule has 120 valence electrons.